The molecule has 0 radical (unpaired) electrons. The summed E-state index contributed by atoms with van der Waals surface area (Å²) < 4.78 is 0. The van der Waals surface area contributed by atoms with E-state index < -0.39 is 0 Å². The molecule has 3 heteroatoms. The number of rotatable bonds is 4. The van der Waals surface area contributed by atoms with Crippen molar-refractivity contribution in [1.82, 2.24) is 4.98 Å². The molecule has 1 rings (SSSR count). The number of aromatic nitrogens is 1. The number of halogens is 2. The Morgan fingerprint density at radius 3 is 2.15 bits per heavy atom. The molecule has 0 aromatic carbocycles. The van der Waals surface area contributed by atoms with Gasteiger partial charge in [-0.1, -0.05) is 58.0 Å². The van der Waals surface area contributed by atoms with Gasteiger partial charge in [0.1, 0.15) is 0 Å². The van der Waals surface area contributed by atoms with E-state index in [1.165, 1.54) is 0 Å². The van der Waals surface area contributed by atoms with Gasteiger partial charge in [0, 0.05) is 17.1 Å². The summed E-state index contributed by atoms with van der Waals surface area (Å²) in [4.78, 5) is 4.48. The third-order valence-corrected chi connectivity index (χ3v) is 2.99. The first-order chi connectivity index (χ1) is 9.65. The van der Waals surface area contributed by atoms with E-state index in [1.54, 1.807) is 6.08 Å². The Kier molecular flexibility index (Phi) is 14.2. The third-order valence-electron chi connectivity index (χ3n) is 2.37. The topological polar surface area (TPSA) is 12.9 Å². The number of allylic oxidation sites excluding steroid dienone is 1. The van der Waals surface area contributed by atoms with Crippen LogP contribution >= 0.6 is 23.2 Å². The van der Waals surface area contributed by atoms with Crippen molar-refractivity contribution >= 4 is 35.4 Å². The van der Waals surface area contributed by atoms with Gasteiger partial charge in [-0.3, -0.25) is 4.98 Å². The second kappa shape index (κ2) is 13.2. The SMILES string of the molecule is C=Cc1nc(C)c(CCCl)c(Cl)c1/C=C\C.CC.CC. The average molecular weight is 316 g/mol. The van der Waals surface area contributed by atoms with E-state index in [4.69, 9.17) is 23.2 Å². The van der Waals surface area contributed by atoms with E-state index >= 15 is 0 Å². The van der Waals surface area contributed by atoms with Crippen LogP contribution in [0.3, 0.4) is 0 Å². The van der Waals surface area contributed by atoms with Crippen LogP contribution in [0.15, 0.2) is 12.7 Å². The molecule has 0 aliphatic heterocycles. The van der Waals surface area contributed by atoms with Crippen molar-refractivity contribution < 1.29 is 0 Å². The molecule has 0 unspecified atom stereocenters. The normalized spacial score (nSPS) is 9.40. The Labute approximate surface area is 134 Å². The van der Waals surface area contributed by atoms with E-state index in [2.05, 4.69) is 11.6 Å². The number of pyridine rings is 1. The van der Waals surface area contributed by atoms with Gasteiger partial charge in [0.15, 0.2) is 0 Å². The molecule has 0 saturated heterocycles. The van der Waals surface area contributed by atoms with E-state index in [-0.39, 0.29) is 0 Å². The molecule has 0 saturated carbocycles. The molecule has 0 amide bonds. The van der Waals surface area contributed by atoms with Crippen LogP contribution in [-0.4, -0.2) is 10.9 Å². The fraction of sp³-hybridized carbons (Fsp3) is 0.471. The Balaban J connectivity index is 0. The predicted molar refractivity (Wildman–Crippen MR) is 95.9 cm³/mol. The van der Waals surface area contributed by atoms with Crippen molar-refractivity contribution in [2.24, 2.45) is 0 Å². The predicted octanol–water partition coefficient (Wildman–Crippen LogP) is 6.55. The highest BCUT2D eigenvalue weighted by atomic mass is 35.5. The second-order valence-electron chi connectivity index (χ2n) is 3.43. The Morgan fingerprint density at radius 2 is 1.75 bits per heavy atom. The molecule has 20 heavy (non-hydrogen) atoms. The lowest BCUT2D eigenvalue weighted by Crippen LogP contribution is -2.01. The maximum absolute atomic E-state index is 6.36. The molecule has 1 heterocycles. The molecule has 0 spiro atoms. The zero-order valence-corrected chi connectivity index (χ0v) is 15.1. The summed E-state index contributed by atoms with van der Waals surface area (Å²) in [6.07, 6.45) is 6.35. The summed E-state index contributed by atoms with van der Waals surface area (Å²) in [6, 6.07) is 0. The smallest absolute Gasteiger partial charge is 0.0714 e. The molecule has 0 aliphatic carbocycles. The molecule has 0 aliphatic rings. The van der Waals surface area contributed by atoms with Crippen LogP contribution in [0.2, 0.25) is 5.02 Å². The van der Waals surface area contributed by atoms with Crippen molar-refractivity contribution in [3.05, 3.63) is 40.2 Å². The molecule has 0 N–H and O–H groups in total. The van der Waals surface area contributed by atoms with Gasteiger partial charge >= 0.3 is 0 Å². The number of hydrogen-bond donors (Lipinski definition) is 0. The number of aryl methyl sites for hydroxylation is 1. The molecule has 1 aromatic heterocycles. The molecule has 0 bridgehead atoms. The first kappa shape index (κ1) is 21.5. The quantitative estimate of drug-likeness (QED) is 0.574. The Bertz CT molecular complexity index is 423. The highest BCUT2D eigenvalue weighted by Gasteiger charge is 2.12. The van der Waals surface area contributed by atoms with Crippen LogP contribution in [0.5, 0.6) is 0 Å². The van der Waals surface area contributed by atoms with Gasteiger partial charge in [-0.25, -0.2) is 0 Å². The van der Waals surface area contributed by atoms with E-state index in [0.29, 0.717) is 5.88 Å². The molecule has 0 atom stereocenters. The summed E-state index contributed by atoms with van der Waals surface area (Å²) in [7, 11) is 0. The van der Waals surface area contributed by atoms with Gasteiger partial charge in [0.25, 0.3) is 0 Å². The van der Waals surface area contributed by atoms with E-state index in [0.717, 1.165) is 34.0 Å². The van der Waals surface area contributed by atoms with Gasteiger partial charge in [0.05, 0.1) is 10.7 Å². The minimum Gasteiger partial charge on any atom is -0.253 e. The lowest BCUT2D eigenvalue weighted by molar-refractivity contribution is 1.04. The van der Waals surface area contributed by atoms with Crippen molar-refractivity contribution in [3.63, 3.8) is 0 Å². The van der Waals surface area contributed by atoms with Crippen molar-refractivity contribution in [2.75, 3.05) is 5.88 Å². The highest BCUT2D eigenvalue weighted by molar-refractivity contribution is 6.33. The van der Waals surface area contributed by atoms with Gasteiger partial charge in [-0.2, -0.15) is 0 Å². The highest BCUT2D eigenvalue weighted by Crippen LogP contribution is 2.28. The van der Waals surface area contributed by atoms with Crippen molar-refractivity contribution in [3.8, 4) is 0 Å². The van der Waals surface area contributed by atoms with Crippen molar-refractivity contribution in [1.29, 1.82) is 0 Å². The monoisotopic (exact) mass is 315 g/mol. The first-order valence-corrected chi connectivity index (χ1v) is 8.07. The zero-order valence-electron chi connectivity index (χ0n) is 13.6. The number of hydrogen-bond acceptors (Lipinski definition) is 1. The number of alkyl halides is 1. The van der Waals surface area contributed by atoms with Crippen LogP contribution in [-0.2, 0) is 6.42 Å². The van der Waals surface area contributed by atoms with Crippen LogP contribution in [0, 0.1) is 6.92 Å². The Hall–Kier alpha value is -0.790. The maximum Gasteiger partial charge on any atom is 0.0714 e. The molecule has 1 aromatic rings. The maximum atomic E-state index is 6.36. The first-order valence-electron chi connectivity index (χ1n) is 7.15. The molecule has 1 nitrogen and oxygen atoms in total. The largest absolute Gasteiger partial charge is 0.253 e. The molecule has 114 valence electrons. The minimum absolute atomic E-state index is 0.547. The summed E-state index contributed by atoms with van der Waals surface area (Å²) in [5.74, 6) is 0.547. The molecular formula is C17H27Cl2N. The molecular weight excluding hydrogens is 289 g/mol. The van der Waals surface area contributed by atoms with Gasteiger partial charge in [-0.05, 0) is 31.9 Å². The third kappa shape index (κ3) is 6.11. The Morgan fingerprint density at radius 1 is 1.20 bits per heavy atom. The summed E-state index contributed by atoms with van der Waals surface area (Å²) in [6.45, 7) is 15.6. The second-order valence-corrected chi connectivity index (χ2v) is 4.19. The van der Waals surface area contributed by atoms with Gasteiger partial charge in [0.2, 0.25) is 0 Å². The summed E-state index contributed by atoms with van der Waals surface area (Å²) in [5.41, 5.74) is 3.69. The average Bonchev–Trinajstić information content (AvgIpc) is 2.50. The van der Waals surface area contributed by atoms with Crippen LogP contribution in [0.25, 0.3) is 12.2 Å². The van der Waals surface area contributed by atoms with E-state index in [9.17, 15) is 0 Å². The van der Waals surface area contributed by atoms with Crippen LogP contribution in [0.4, 0.5) is 0 Å². The van der Waals surface area contributed by atoms with Crippen LogP contribution in [0.1, 0.15) is 57.1 Å². The fourth-order valence-electron chi connectivity index (χ4n) is 1.61. The van der Waals surface area contributed by atoms with Gasteiger partial charge < -0.3 is 0 Å². The number of nitrogens with zero attached hydrogens (tertiary/aromatic N) is 1. The summed E-state index contributed by atoms with van der Waals surface area (Å²) >= 11 is 12.1. The van der Waals surface area contributed by atoms with E-state index in [1.807, 2.05) is 53.7 Å². The lowest BCUT2D eigenvalue weighted by Gasteiger charge is -2.12. The lowest BCUT2D eigenvalue weighted by atomic mass is 10.0. The molecule has 0 fully saturated rings. The minimum atomic E-state index is 0.547. The van der Waals surface area contributed by atoms with Gasteiger partial charge in [-0.15, -0.1) is 11.6 Å². The summed E-state index contributed by atoms with van der Waals surface area (Å²) in [5, 5.41) is 0.737. The van der Waals surface area contributed by atoms with Crippen LogP contribution < -0.4 is 0 Å². The zero-order chi connectivity index (χ0) is 16.1. The van der Waals surface area contributed by atoms with Crippen molar-refractivity contribution in [2.45, 2.75) is 48.0 Å². The standard InChI is InChI=1S/C13H15Cl2N.2C2H6/c1-4-6-11-12(5-2)16-9(3)10(7-8-14)13(11)15;2*1-2/h4-6H,2,7-8H2,1,3H3;2*1-2H3/b6-4-;;. The fourth-order valence-corrected chi connectivity index (χ4v) is 2.19.